The van der Waals surface area contributed by atoms with Crippen LogP contribution in [0.4, 0.5) is 14.5 Å². The third-order valence-corrected chi connectivity index (χ3v) is 4.44. The summed E-state index contributed by atoms with van der Waals surface area (Å²) in [6.07, 6.45) is 1.23. The monoisotopic (exact) mass is 288 g/mol. The molecule has 0 atom stereocenters. The summed E-state index contributed by atoms with van der Waals surface area (Å²) in [5.74, 6) is -1.64. The smallest absolute Gasteiger partial charge is 0.253 e. The maximum atomic E-state index is 13.1. The van der Waals surface area contributed by atoms with Crippen LogP contribution in [-0.2, 0) is 10.8 Å². The second-order valence-corrected chi connectivity index (χ2v) is 6.15. The maximum absolute atomic E-state index is 13.1. The lowest BCUT2D eigenvalue weighted by molar-refractivity contribution is 0.0935. The molecule has 1 fully saturated rings. The van der Waals surface area contributed by atoms with Crippen LogP contribution in [0.2, 0.25) is 0 Å². The van der Waals surface area contributed by atoms with Crippen LogP contribution >= 0.6 is 0 Å². The minimum atomic E-state index is -1.11. The van der Waals surface area contributed by atoms with Gasteiger partial charge in [-0.3, -0.25) is 9.00 Å². The highest BCUT2D eigenvalue weighted by Gasteiger charge is 2.21. The Morgan fingerprint density at radius 2 is 1.84 bits per heavy atom. The van der Waals surface area contributed by atoms with Gasteiger partial charge in [-0.1, -0.05) is 0 Å². The van der Waals surface area contributed by atoms with Crippen molar-refractivity contribution >= 4 is 22.4 Å². The highest BCUT2D eigenvalue weighted by Crippen LogP contribution is 2.18. The number of amides is 1. The Hall–Kier alpha value is -1.50. The number of hydrogen-bond donors (Lipinski definition) is 2. The molecule has 1 aliphatic rings. The summed E-state index contributed by atoms with van der Waals surface area (Å²) in [4.78, 5) is 11.9. The van der Waals surface area contributed by atoms with Gasteiger partial charge < -0.3 is 11.1 Å². The molecule has 0 unspecified atom stereocenters. The number of rotatable bonds is 2. The minimum absolute atomic E-state index is 0.0782. The molecule has 104 valence electrons. The summed E-state index contributed by atoms with van der Waals surface area (Å²) in [5, 5.41) is 2.70. The van der Waals surface area contributed by atoms with Crippen LogP contribution in [0.1, 0.15) is 23.2 Å². The maximum Gasteiger partial charge on any atom is 0.253 e. The van der Waals surface area contributed by atoms with Crippen molar-refractivity contribution in [2.24, 2.45) is 0 Å². The normalized spacial score (nSPS) is 23.1. The number of nitrogens with two attached hydrogens (primary N) is 1. The molecule has 2 rings (SSSR count). The van der Waals surface area contributed by atoms with Crippen molar-refractivity contribution < 1.29 is 17.8 Å². The van der Waals surface area contributed by atoms with Crippen LogP contribution in [0, 0.1) is 11.6 Å². The number of hydrogen-bond acceptors (Lipinski definition) is 3. The van der Waals surface area contributed by atoms with Crippen LogP contribution in [0.5, 0.6) is 0 Å². The van der Waals surface area contributed by atoms with E-state index in [1.165, 1.54) is 0 Å². The van der Waals surface area contributed by atoms with Crippen molar-refractivity contribution in [3.63, 3.8) is 0 Å². The molecule has 1 saturated heterocycles. The lowest BCUT2D eigenvalue weighted by Crippen LogP contribution is -2.39. The molecule has 3 N–H and O–H groups in total. The zero-order valence-electron chi connectivity index (χ0n) is 10.1. The molecule has 4 nitrogen and oxygen atoms in total. The summed E-state index contributed by atoms with van der Waals surface area (Å²) in [5.41, 5.74) is 5.32. The number of carbonyl (C=O) groups excluding carboxylic acids is 1. The molecule has 0 saturated carbocycles. The minimum Gasteiger partial charge on any atom is -0.398 e. The number of halogens is 2. The van der Waals surface area contributed by atoms with Gasteiger partial charge >= 0.3 is 0 Å². The molecule has 1 aliphatic heterocycles. The first kappa shape index (κ1) is 13.9. The Morgan fingerprint density at radius 1 is 1.26 bits per heavy atom. The molecular weight excluding hydrogens is 274 g/mol. The predicted molar refractivity (Wildman–Crippen MR) is 69.1 cm³/mol. The number of benzene rings is 1. The number of nitrogens with one attached hydrogen (secondary N) is 1. The highest BCUT2D eigenvalue weighted by atomic mass is 32.2. The molecule has 1 aromatic rings. The van der Waals surface area contributed by atoms with Gasteiger partial charge in [-0.15, -0.1) is 0 Å². The van der Waals surface area contributed by atoms with Gasteiger partial charge in [0.1, 0.15) is 0 Å². The molecule has 0 radical (unpaired) electrons. The van der Waals surface area contributed by atoms with E-state index in [2.05, 4.69) is 5.32 Å². The average Bonchev–Trinajstić information content (AvgIpc) is 2.36. The Balaban J connectivity index is 2.08. The lowest BCUT2D eigenvalue weighted by atomic mass is 10.1. The van der Waals surface area contributed by atoms with Crippen LogP contribution in [0.3, 0.4) is 0 Å². The Labute approximate surface area is 111 Å². The zero-order chi connectivity index (χ0) is 14.0. The molecule has 0 aromatic heterocycles. The fourth-order valence-electron chi connectivity index (χ4n) is 1.96. The van der Waals surface area contributed by atoms with Crippen molar-refractivity contribution in [1.82, 2.24) is 5.32 Å². The van der Waals surface area contributed by atoms with Gasteiger partial charge in [-0.2, -0.15) is 0 Å². The fourth-order valence-corrected chi connectivity index (χ4v) is 3.26. The van der Waals surface area contributed by atoms with Crippen molar-refractivity contribution in [2.75, 3.05) is 17.2 Å². The largest absolute Gasteiger partial charge is 0.398 e. The first-order valence-corrected chi connectivity index (χ1v) is 7.36. The Morgan fingerprint density at radius 3 is 2.47 bits per heavy atom. The molecule has 19 heavy (non-hydrogen) atoms. The second-order valence-electron chi connectivity index (χ2n) is 4.45. The number of anilines is 1. The SMILES string of the molecule is Nc1cc(F)c(F)cc1C(=O)NC1CCS(=O)CC1. The van der Waals surface area contributed by atoms with E-state index < -0.39 is 28.3 Å². The van der Waals surface area contributed by atoms with E-state index in [0.717, 1.165) is 12.1 Å². The molecule has 0 aliphatic carbocycles. The van der Waals surface area contributed by atoms with Gasteiger partial charge in [0, 0.05) is 40.1 Å². The van der Waals surface area contributed by atoms with Crippen molar-refractivity contribution in [3.05, 3.63) is 29.3 Å². The first-order valence-electron chi connectivity index (χ1n) is 5.87. The predicted octanol–water partition coefficient (Wildman–Crippen LogP) is 1.19. The van der Waals surface area contributed by atoms with E-state index in [0.29, 0.717) is 24.3 Å². The Bertz CT molecular complexity index is 527. The summed E-state index contributed by atoms with van der Waals surface area (Å²) in [6, 6.07) is 1.49. The van der Waals surface area contributed by atoms with E-state index in [1.807, 2.05) is 0 Å². The molecule has 1 heterocycles. The molecule has 0 bridgehead atoms. The average molecular weight is 288 g/mol. The molecule has 1 amide bonds. The van der Waals surface area contributed by atoms with E-state index in [1.54, 1.807) is 0 Å². The third kappa shape index (κ3) is 3.28. The summed E-state index contributed by atoms with van der Waals surface area (Å²) in [6.45, 7) is 0. The van der Waals surface area contributed by atoms with Gasteiger partial charge in [0.25, 0.3) is 5.91 Å². The van der Waals surface area contributed by atoms with Gasteiger partial charge in [0.05, 0.1) is 5.56 Å². The summed E-state index contributed by atoms with van der Waals surface area (Å²) >= 11 is 0. The van der Waals surface area contributed by atoms with Crippen LogP contribution in [0.25, 0.3) is 0 Å². The fraction of sp³-hybridized carbons (Fsp3) is 0.417. The third-order valence-electron chi connectivity index (χ3n) is 3.06. The van der Waals surface area contributed by atoms with Crippen molar-refractivity contribution in [3.8, 4) is 0 Å². The van der Waals surface area contributed by atoms with Crippen molar-refractivity contribution in [1.29, 1.82) is 0 Å². The summed E-state index contributed by atoms with van der Waals surface area (Å²) in [7, 11) is -0.817. The second kappa shape index (κ2) is 5.64. The van der Waals surface area contributed by atoms with Crippen LogP contribution in [0.15, 0.2) is 12.1 Å². The quantitative estimate of drug-likeness (QED) is 0.803. The number of nitrogen functional groups attached to an aromatic ring is 1. The molecule has 0 spiro atoms. The van der Waals surface area contributed by atoms with Gasteiger partial charge in [0.15, 0.2) is 11.6 Å². The molecule has 7 heteroatoms. The molecular formula is C12H14F2N2O2S. The van der Waals surface area contributed by atoms with Crippen molar-refractivity contribution in [2.45, 2.75) is 18.9 Å². The van der Waals surface area contributed by atoms with E-state index in [4.69, 9.17) is 5.73 Å². The Kier molecular flexibility index (Phi) is 4.14. The van der Waals surface area contributed by atoms with Gasteiger partial charge in [-0.05, 0) is 18.9 Å². The van der Waals surface area contributed by atoms with E-state index in [9.17, 15) is 17.8 Å². The standard InChI is InChI=1S/C12H14F2N2O2S/c13-9-5-8(11(15)6-10(9)14)12(17)16-7-1-3-19(18)4-2-7/h5-7H,1-4,15H2,(H,16,17). The number of carbonyl (C=O) groups is 1. The van der Waals surface area contributed by atoms with E-state index >= 15 is 0 Å². The van der Waals surface area contributed by atoms with Crippen LogP contribution < -0.4 is 11.1 Å². The van der Waals surface area contributed by atoms with E-state index in [-0.39, 0.29) is 17.3 Å². The van der Waals surface area contributed by atoms with Gasteiger partial charge in [0.2, 0.25) is 0 Å². The lowest BCUT2D eigenvalue weighted by Gasteiger charge is -2.22. The zero-order valence-corrected chi connectivity index (χ0v) is 10.9. The van der Waals surface area contributed by atoms with Crippen LogP contribution in [-0.4, -0.2) is 27.7 Å². The first-order chi connectivity index (χ1) is 8.97. The summed E-state index contributed by atoms with van der Waals surface area (Å²) < 4.78 is 37.2. The van der Waals surface area contributed by atoms with Gasteiger partial charge in [-0.25, -0.2) is 8.78 Å². The highest BCUT2D eigenvalue weighted by molar-refractivity contribution is 7.85. The molecule has 1 aromatic carbocycles. The topological polar surface area (TPSA) is 72.2 Å².